The van der Waals surface area contributed by atoms with Crippen molar-refractivity contribution in [3.8, 4) is 0 Å². The minimum Gasteiger partial charge on any atom is -0.386 e. The molecule has 21 heavy (non-hydrogen) atoms. The number of hydrogen-bond donors (Lipinski definition) is 3. The van der Waals surface area contributed by atoms with Crippen molar-refractivity contribution in [1.82, 2.24) is 4.98 Å². The van der Waals surface area contributed by atoms with E-state index in [1.807, 2.05) is 26.0 Å². The summed E-state index contributed by atoms with van der Waals surface area (Å²) >= 11 is 0. The van der Waals surface area contributed by atoms with Crippen LogP contribution in [0.15, 0.2) is 47.7 Å². The zero-order valence-corrected chi connectivity index (χ0v) is 12.2. The van der Waals surface area contributed by atoms with Gasteiger partial charge in [-0.1, -0.05) is 6.07 Å². The topological polar surface area (TPSA) is 83.5 Å². The fraction of sp³-hybridized carbons (Fsp3) is 0.250. The second-order valence-corrected chi connectivity index (χ2v) is 5.02. The molecule has 0 spiro atoms. The Morgan fingerprint density at radius 1 is 1.24 bits per heavy atom. The van der Waals surface area contributed by atoms with Crippen LogP contribution in [-0.4, -0.2) is 22.6 Å². The summed E-state index contributed by atoms with van der Waals surface area (Å²) in [5.74, 6) is 0.285. The number of aliphatic hydroxyl groups excluding tert-OH is 1. The van der Waals surface area contributed by atoms with E-state index in [0.717, 1.165) is 22.4 Å². The van der Waals surface area contributed by atoms with Gasteiger partial charge in [0.2, 0.25) is 0 Å². The number of nitrogens with one attached hydrogen (secondary N) is 1. The Kier molecular flexibility index (Phi) is 4.90. The number of pyridine rings is 1. The summed E-state index contributed by atoms with van der Waals surface area (Å²) in [5.41, 5.74) is 9.82. The number of nitrogens with two attached hydrogens (primary N) is 1. The monoisotopic (exact) mass is 284 g/mol. The third kappa shape index (κ3) is 4.57. The van der Waals surface area contributed by atoms with Crippen LogP contribution in [0.3, 0.4) is 0 Å². The van der Waals surface area contributed by atoms with Crippen LogP contribution in [0.1, 0.15) is 22.8 Å². The van der Waals surface area contributed by atoms with Crippen LogP contribution in [0.25, 0.3) is 0 Å². The molecular weight excluding hydrogens is 264 g/mol. The van der Waals surface area contributed by atoms with Gasteiger partial charge in [0.15, 0.2) is 5.96 Å². The van der Waals surface area contributed by atoms with Crippen LogP contribution >= 0.6 is 0 Å². The van der Waals surface area contributed by atoms with Crippen LogP contribution in [0.4, 0.5) is 5.69 Å². The second kappa shape index (κ2) is 6.85. The highest BCUT2D eigenvalue weighted by atomic mass is 16.3. The standard InChI is InChI=1S/C16H20N4O/c1-11-7-12(2)9-14(8-11)20-16(17)19-10-15(21)13-3-5-18-6-4-13/h3-9,15,21H,10H2,1-2H3,(H3,17,19,20). The van der Waals surface area contributed by atoms with E-state index in [4.69, 9.17) is 5.73 Å². The number of benzene rings is 1. The summed E-state index contributed by atoms with van der Waals surface area (Å²) in [7, 11) is 0. The summed E-state index contributed by atoms with van der Waals surface area (Å²) in [4.78, 5) is 8.08. The molecule has 2 aromatic rings. The fourth-order valence-electron chi connectivity index (χ4n) is 2.11. The van der Waals surface area contributed by atoms with Crippen LogP contribution in [0.5, 0.6) is 0 Å². The fourth-order valence-corrected chi connectivity index (χ4v) is 2.11. The van der Waals surface area contributed by atoms with Crippen molar-refractivity contribution < 1.29 is 5.11 Å². The molecule has 2 rings (SSSR count). The summed E-state index contributed by atoms with van der Waals surface area (Å²) in [6.07, 6.45) is 2.59. The Morgan fingerprint density at radius 2 is 1.86 bits per heavy atom. The van der Waals surface area contributed by atoms with E-state index >= 15 is 0 Å². The Balaban J connectivity index is 1.98. The molecule has 0 amide bonds. The number of rotatable bonds is 4. The predicted molar refractivity (Wildman–Crippen MR) is 85.2 cm³/mol. The number of anilines is 1. The van der Waals surface area contributed by atoms with Gasteiger partial charge < -0.3 is 16.2 Å². The zero-order chi connectivity index (χ0) is 15.2. The molecule has 4 N–H and O–H groups in total. The third-order valence-electron chi connectivity index (χ3n) is 3.02. The highest BCUT2D eigenvalue weighted by Gasteiger charge is 2.06. The number of aryl methyl sites for hydroxylation is 2. The van der Waals surface area contributed by atoms with Crippen molar-refractivity contribution in [3.05, 3.63) is 59.4 Å². The highest BCUT2D eigenvalue weighted by molar-refractivity contribution is 5.92. The molecule has 0 bridgehead atoms. The largest absolute Gasteiger partial charge is 0.386 e. The molecule has 0 saturated carbocycles. The van der Waals surface area contributed by atoms with Gasteiger partial charge >= 0.3 is 0 Å². The van der Waals surface area contributed by atoms with Crippen molar-refractivity contribution in [3.63, 3.8) is 0 Å². The maximum Gasteiger partial charge on any atom is 0.193 e. The maximum atomic E-state index is 10.0. The van der Waals surface area contributed by atoms with E-state index < -0.39 is 6.10 Å². The molecule has 110 valence electrons. The predicted octanol–water partition coefficient (Wildman–Crippen LogP) is 2.16. The van der Waals surface area contributed by atoms with Crippen LogP contribution in [0.2, 0.25) is 0 Å². The molecule has 0 saturated heterocycles. The maximum absolute atomic E-state index is 10.0. The molecule has 5 nitrogen and oxygen atoms in total. The molecule has 0 aliphatic heterocycles. The summed E-state index contributed by atoms with van der Waals surface area (Å²) in [6.45, 7) is 4.26. The average Bonchev–Trinajstić information content (AvgIpc) is 2.44. The molecule has 1 aromatic carbocycles. The van der Waals surface area contributed by atoms with E-state index in [-0.39, 0.29) is 12.5 Å². The Labute approximate surface area is 124 Å². The molecule has 1 aromatic heterocycles. The number of nitrogens with zero attached hydrogens (tertiary/aromatic N) is 2. The van der Waals surface area contributed by atoms with Gasteiger partial charge in [-0.15, -0.1) is 0 Å². The summed E-state index contributed by atoms with van der Waals surface area (Å²) < 4.78 is 0. The normalized spacial score (nSPS) is 13.0. The number of guanidine groups is 1. The smallest absolute Gasteiger partial charge is 0.193 e. The van der Waals surface area contributed by atoms with E-state index in [0.29, 0.717) is 0 Å². The Morgan fingerprint density at radius 3 is 2.48 bits per heavy atom. The highest BCUT2D eigenvalue weighted by Crippen LogP contribution is 2.14. The molecule has 0 aliphatic rings. The molecule has 1 unspecified atom stereocenters. The lowest BCUT2D eigenvalue weighted by atomic mass is 10.1. The average molecular weight is 284 g/mol. The molecule has 1 atom stereocenters. The molecule has 1 heterocycles. The lowest BCUT2D eigenvalue weighted by Gasteiger charge is -2.10. The van der Waals surface area contributed by atoms with Gasteiger partial charge in [0.1, 0.15) is 0 Å². The van der Waals surface area contributed by atoms with Gasteiger partial charge in [0, 0.05) is 18.1 Å². The van der Waals surface area contributed by atoms with E-state index in [1.54, 1.807) is 24.5 Å². The number of aliphatic imine (C=N–C) groups is 1. The first kappa shape index (κ1) is 15.0. The third-order valence-corrected chi connectivity index (χ3v) is 3.02. The van der Waals surface area contributed by atoms with Crippen molar-refractivity contribution in [2.24, 2.45) is 10.7 Å². The minimum atomic E-state index is -0.687. The van der Waals surface area contributed by atoms with Crippen LogP contribution in [-0.2, 0) is 0 Å². The van der Waals surface area contributed by atoms with Crippen molar-refractivity contribution >= 4 is 11.6 Å². The molecule has 0 radical (unpaired) electrons. The first-order chi connectivity index (χ1) is 10.0. The molecular formula is C16H20N4O. The molecule has 0 fully saturated rings. The summed E-state index contributed by atoms with van der Waals surface area (Å²) in [6, 6.07) is 9.59. The first-order valence-electron chi connectivity index (χ1n) is 6.78. The first-order valence-corrected chi connectivity index (χ1v) is 6.78. The van der Waals surface area contributed by atoms with Gasteiger partial charge in [-0.2, -0.15) is 0 Å². The lowest BCUT2D eigenvalue weighted by Crippen LogP contribution is -2.23. The zero-order valence-electron chi connectivity index (χ0n) is 12.2. The SMILES string of the molecule is Cc1cc(C)cc(NC(N)=NCC(O)c2ccncc2)c1. The van der Waals surface area contributed by atoms with Gasteiger partial charge in [-0.05, 0) is 54.8 Å². The van der Waals surface area contributed by atoms with Crippen molar-refractivity contribution in [2.75, 3.05) is 11.9 Å². The number of aromatic nitrogens is 1. The number of aliphatic hydroxyl groups is 1. The number of hydrogen-bond acceptors (Lipinski definition) is 3. The Hall–Kier alpha value is -2.40. The summed E-state index contributed by atoms with van der Waals surface area (Å²) in [5, 5.41) is 13.0. The minimum absolute atomic E-state index is 0.202. The van der Waals surface area contributed by atoms with Crippen LogP contribution < -0.4 is 11.1 Å². The van der Waals surface area contributed by atoms with Gasteiger partial charge in [-0.25, -0.2) is 0 Å². The van der Waals surface area contributed by atoms with Gasteiger partial charge in [0.05, 0.1) is 12.6 Å². The van der Waals surface area contributed by atoms with E-state index in [2.05, 4.69) is 21.4 Å². The van der Waals surface area contributed by atoms with Crippen molar-refractivity contribution in [2.45, 2.75) is 20.0 Å². The lowest BCUT2D eigenvalue weighted by molar-refractivity contribution is 0.187. The van der Waals surface area contributed by atoms with Gasteiger partial charge in [-0.3, -0.25) is 9.98 Å². The molecule has 0 aliphatic carbocycles. The quantitative estimate of drug-likeness (QED) is 0.593. The van der Waals surface area contributed by atoms with Crippen molar-refractivity contribution in [1.29, 1.82) is 0 Å². The van der Waals surface area contributed by atoms with E-state index in [1.165, 1.54) is 0 Å². The second-order valence-electron chi connectivity index (χ2n) is 5.02. The molecule has 5 heteroatoms. The Bertz CT molecular complexity index is 605. The van der Waals surface area contributed by atoms with Crippen LogP contribution in [0, 0.1) is 13.8 Å². The van der Waals surface area contributed by atoms with E-state index in [9.17, 15) is 5.11 Å². The van der Waals surface area contributed by atoms with Gasteiger partial charge in [0.25, 0.3) is 0 Å².